The van der Waals surface area contributed by atoms with Crippen LogP contribution in [0.4, 0.5) is 5.69 Å². The van der Waals surface area contributed by atoms with Crippen molar-refractivity contribution >= 4 is 22.6 Å². The fourth-order valence-corrected chi connectivity index (χ4v) is 2.04. The van der Waals surface area contributed by atoms with Crippen molar-refractivity contribution in [3.05, 3.63) is 59.9 Å². The summed E-state index contributed by atoms with van der Waals surface area (Å²) in [6.07, 6.45) is 3.20. The molecule has 0 saturated heterocycles. The standard InChI is InChI=1S/C16H13N3O2/c1-10-8-12(3-5-15(10)20)19-16(21)11-2-4-13-14(9-11)18-7-6-17-13/h2-9,20H,1H3,(H,19,21). The summed E-state index contributed by atoms with van der Waals surface area (Å²) in [4.78, 5) is 20.6. The Bertz CT molecular complexity index is 831. The number of rotatable bonds is 2. The van der Waals surface area contributed by atoms with E-state index in [0.717, 1.165) is 5.52 Å². The fourth-order valence-electron chi connectivity index (χ4n) is 2.04. The van der Waals surface area contributed by atoms with Crippen LogP contribution < -0.4 is 5.32 Å². The molecule has 0 fully saturated rings. The van der Waals surface area contributed by atoms with Gasteiger partial charge in [0.25, 0.3) is 5.91 Å². The number of nitrogens with one attached hydrogen (secondary N) is 1. The van der Waals surface area contributed by atoms with Crippen LogP contribution in [0.3, 0.4) is 0 Å². The molecule has 1 amide bonds. The highest BCUT2D eigenvalue weighted by molar-refractivity contribution is 6.05. The highest BCUT2D eigenvalue weighted by Gasteiger charge is 2.08. The van der Waals surface area contributed by atoms with Gasteiger partial charge in [0.1, 0.15) is 5.75 Å². The number of carbonyl (C=O) groups is 1. The van der Waals surface area contributed by atoms with E-state index in [1.165, 1.54) is 0 Å². The van der Waals surface area contributed by atoms with Gasteiger partial charge >= 0.3 is 0 Å². The molecule has 0 radical (unpaired) electrons. The first kappa shape index (κ1) is 13.1. The fraction of sp³-hybridized carbons (Fsp3) is 0.0625. The highest BCUT2D eigenvalue weighted by Crippen LogP contribution is 2.21. The van der Waals surface area contributed by atoms with E-state index >= 15 is 0 Å². The Kier molecular flexibility index (Phi) is 3.23. The topological polar surface area (TPSA) is 75.1 Å². The third kappa shape index (κ3) is 2.67. The van der Waals surface area contributed by atoms with Gasteiger partial charge in [0.2, 0.25) is 0 Å². The summed E-state index contributed by atoms with van der Waals surface area (Å²) >= 11 is 0. The van der Waals surface area contributed by atoms with Crippen LogP contribution in [0.1, 0.15) is 15.9 Å². The molecule has 2 N–H and O–H groups in total. The molecule has 1 heterocycles. The molecule has 2 aromatic carbocycles. The number of phenols is 1. The van der Waals surface area contributed by atoms with Gasteiger partial charge in [-0.05, 0) is 48.9 Å². The van der Waals surface area contributed by atoms with Crippen molar-refractivity contribution in [3.8, 4) is 5.75 Å². The molecule has 0 aliphatic carbocycles. The zero-order valence-corrected chi connectivity index (χ0v) is 11.4. The molecule has 0 unspecified atom stereocenters. The minimum absolute atomic E-state index is 0.203. The lowest BCUT2D eigenvalue weighted by Gasteiger charge is -2.07. The van der Waals surface area contributed by atoms with Gasteiger partial charge in [0, 0.05) is 23.6 Å². The van der Waals surface area contributed by atoms with Crippen molar-refractivity contribution in [1.29, 1.82) is 0 Å². The normalized spacial score (nSPS) is 10.5. The van der Waals surface area contributed by atoms with Crippen LogP contribution in [0.5, 0.6) is 5.75 Å². The van der Waals surface area contributed by atoms with E-state index in [0.29, 0.717) is 22.3 Å². The number of fused-ring (bicyclic) bond motifs is 1. The van der Waals surface area contributed by atoms with E-state index in [1.54, 1.807) is 55.7 Å². The van der Waals surface area contributed by atoms with E-state index in [9.17, 15) is 9.90 Å². The van der Waals surface area contributed by atoms with Crippen LogP contribution in [0.2, 0.25) is 0 Å². The van der Waals surface area contributed by atoms with Crippen molar-refractivity contribution in [2.45, 2.75) is 6.92 Å². The molecule has 0 aliphatic heterocycles. The lowest BCUT2D eigenvalue weighted by molar-refractivity contribution is 0.102. The smallest absolute Gasteiger partial charge is 0.255 e. The van der Waals surface area contributed by atoms with E-state index in [4.69, 9.17) is 0 Å². The Balaban J connectivity index is 1.87. The van der Waals surface area contributed by atoms with Gasteiger partial charge in [-0.2, -0.15) is 0 Å². The molecule has 3 rings (SSSR count). The molecule has 0 spiro atoms. The van der Waals surface area contributed by atoms with Crippen LogP contribution in [0, 0.1) is 6.92 Å². The largest absolute Gasteiger partial charge is 0.508 e. The first-order valence-electron chi connectivity index (χ1n) is 6.45. The second kappa shape index (κ2) is 5.20. The molecule has 104 valence electrons. The zero-order chi connectivity index (χ0) is 14.8. The minimum Gasteiger partial charge on any atom is -0.508 e. The van der Waals surface area contributed by atoms with Gasteiger partial charge in [-0.25, -0.2) is 0 Å². The van der Waals surface area contributed by atoms with Gasteiger partial charge in [-0.15, -0.1) is 0 Å². The predicted molar refractivity (Wildman–Crippen MR) is 80.3 cm³/mol. The zero-order valence-electron chi connectivity index (χ0n) is 11.4. The monoisotopic (exact) mass is 279 g/mol. The van der Waals surface area contributed by atoms with Gasteiger partial charge < -0.3 is 10.4 Å². The van der Waals surface area contributed by atoms with E-state index in [2.05, 4.69) is 15.3 Å². The second-order valence-corrected chi connectivity index (χ2v) is 4.72. The maximum atomic E-state index is 12.2. The summed E-state index contributed by atoms with van der Waals surface area (Å²) in [6, 6.07) is 10.1. The van der Waals surface area contributed by atoms with Gasteiger partial charge in [-0.3, -0.25) is 14.8 Å². The summed E-state index contributed by atoms with van der Waals surface area (Å²) in [6.45, 7) is 1.77. The molecular weight excluding hydrogens is 266 g/mol. The summed E-state index contributed by atoms with van der Waals surface area (Å²) in [5, 5.41) is 12.3. The van der Waals surface area contributed by atoms with Crippen LogP contribution in [0.15, 0.2) is 48.8 Å². The molecule has 0 bridgehead atoms. The number of aromatic nitrogens is 2. The molecule has 5 heteroatoms. The van der Waals surface area contributed by atoms with Crippen molar-refractivity contribution in [3.63, 3.8) is 0 Å². The minimum atomic E-state index is -0.229. The van der Waals surface area contributed by atoms with Crippen molar-refractivity contribution in [2.75, 3.05) is 5.32 Å². The number of phenolic OH excluding ortho intramolecular Hbond substituents is 1. The number of nitrogens with zero attached hydrogens (tertiary/aromatic N) is 2. The van der Waals surface area contributed by atoms with E-state index < -0.39 is 0 Å². The average Bonchev–Trinajstić information content (AvgIpc) is 2.50. The van der Waals surface area contributed by atoms with Gasteiger partial charge in [0.05, 0.1) is 11.0 Å². The maximum Gasteiger partial charge on any atom is 0.255 e. The number of aromatic hydroxyl groups is 1. The number of carbonyl (C=O) groups excluding carboxylic acids is 1. The predicted octanol–water partition coefficient (Wildman–Crippen LogP) is 2.90. The Hall–Kier alpha value is -2.95. The molecule has 0 atom stereocenters. The molecule has 0 aliphatic rings. The number of anilines is 1. The lowest BCUT2D eigenvalue weighted by atomic mass is 10.1. The molecule has 21 heavy (non-hydrogen) atoms. The van der Waals surface area contributed by atoms with E-state index in [-0.39, 0.29) is 11.7 Å². The molecule has 3 aromatic rings. The summed E-state index contributed by atoms with van der Waals surface area (Å²) in [5.41, 5.74) is 3.27. The number of benzene rings is 2. The molecular formula is C16H13N3O2. The number of hydrogen-bond acceptors (Lipinski definition) is 4. The van der Waals surface area contributed by atoms with Gasteiger partial charge in [0.15, 0.2) is 0 Å². The van der Waals surface area contributed by atoms with Crippen LogP contribution in [-0.2, 0) is 0 Å². The Morgan fingerprint density at radius 1 is 1.05 bits per heavy atom. The van der Waals surface area contributed by atoms with Crippen molar-refractivity contribution < 1.29 is 9.90 Å². The Morgan fingerprint density at radius 3 is 2.57 bits per heavy atom. The quantitative estimate of drug-likeness (QED) is 0.707. The summed E-state index contributed by atoms with van der Waals surface area (Å²) in [7, 11) is 0. The SMILES string of the molecule is Cc1cc(NC(=O)c2ccc3nccnc3c2)ccc1O. The van der Waals surface area contributed by atoms with Crippen molar-refractivity contribution in [1.82, 2.24) is 9.97 Å². The molecule has 1 aromatic heterocycles. The first-order chi connectivity index (χ1) is 10.1. The second-order valence-electron chi connectivity index (χ2n) is 4.72. The summed E-state index contributed by atoms with van der Waals surface area (Å²) < 4.78 is 0. The highest BCUT2D eigenvalue weighted by atomic mass is 16.3. The first-order valence-corrected chi connectivity index (χ1v) is 6.45. The summed E-state index contributed by atoms with van der Waals surface area (Å²) in [5.74, 6) is -0.0263. The van der Waals surface area contributed by atoms with E-state index in [1.807, 2.05) is 0 Å². The number of hydrogen-bond donors (Lipinski definition) is 2. The molecule has 0 saturated carbocycles. The van der Waals surface area contributed by atoms with Crippen molar-refractivity contribution in [2.24, 2.45) is 0 Å². The number of aryl methyl sites for hydroxylation is 1. The number of amides is 1. The average molecular weight is 279 g/mol. The Morgan fingerprint density at radius 2 is 1.81 bits per heavy atom. The van der Waals surface area contributed by atoms with Crippen LogP contribution in [0.25, 0.3) is 11.0 Å². The third-order valence-corrected chi connectivity index (χ3v) is 3.19. The van der Waals surface area contributed by atoms with Crippen LogP contribution in [-0.4, -0.2) is 21.0 Å². The molecule has 5 nitrogen and oxygen atoms in total. The third-order valence-electron chi connectivity index (χ3n) is 3.19. The maximum absolute atomic E-state index is 12.2. The van der Waals surface area contributed by atoms with Crippen LogP contribution >= 0.6 is 0 Å². The lowest BCUT2D eigenvalue weighted by Crippen LogP contribution is -2.12. The Labute approximate surface area is 121 Å². The van der Waals surface area contributed by atoms with Gasteiger partial charge in [-0.1, -0.05) is 0 Å².